The molecule has 2 unspecified atom stereocenters. The van der Waals surface area contributed by atoms with Crippen LogP contribution in [0.15, 0.2) is 0 Å². The summed E-state index contributed by atoms with van der Waals surface area (Å²) in [5.74, 6) is 0.619. The standard InChI is InChI=1S/C13H27N3O/c1-10(2)16-6-4-5-12(9-16)8-15-13(17)11(3)7-14/h10-12H,4-9,14H2,1-3H3,(H,15,17). The van der Waals surface area contributed by atoms with E-state index in [-0.39, 0.29) is 11.8 Å². The molecule has 1 heterocycles. The van der Waals surface area contributed by atoms with Crippen molar-refractivity contribution in [3.05, 3.63) is 0 Å². The van der Waals surface area contributed by atoms with Crippen molar-refractivity contribution in [1.82, 2.24) is 10.2 Å². The van der Waals surface area contributed by atoms with Gasteiger partial charge in [0.25, 0.3) is 0 Å². The van der Waals surface area contributed by atoms with E-state index in [4.69, 9.17) is 5.73 Å². The molecule has 0 saturated carbocycles. The lowest BCUT2D eigenvalue weighted by Gasteiger charge is -2.35. The number of nitrogens with zero attached hydrogens (tertiary/aromatic N) is 1. The Morgan fingerprint density at radius 3 is 2.76 bits per heavy atom. The summed E-state index contributed by atoms with van der Waals surface area (Å²) in [7, 11) is 0. The van der Waals surface area contributed by atoms with E-state index in [9.17, 15) is 4.79 Å². The number of hydrogen-bond donors (Lipinski definition) is 2. The van der Waals surface area contributed by atoms with Gasteiger partial charge in [-0.25, -0.2) is 0 Å². The molecule has 1 aliphatic heterocycles. The summed E-state index contributed by atoms with van der Waals surface area (Å²) in [6.45, 7) is 9.86. The third-order valence-corrected chi connectivity index (χ3v) is 3.65. The second-order valence-electron chi connectivity index (χ2n) is 5.48. The van der Waals surface area contributed by atoms with Gasteiger partial charge in [0.05, 0.1) is 0 Å². The summed E-state index contributed by atoms with van der Waals surface area (Å²) < 4.78 is 0. The highest BCUT2D eigenvalue weighted by atomic mass is 16.1. The Hall–Kier alpha value is -0.610. The molecule has 1 amide bonds. The van der Waals surface area contributed by atoms with Crippen molar-refractivity contribution in [1.29, 1.82) is 0 Å². The van der Waals surface area contributed by atoms with Gasteiger partial charge in [-0.05, 0) is 39.2 Å². The molecule has 0 aliphatic carbocycles. The first-order valence-corrected chi connectivity index (χ1v) is 6.76. The maximum absolute atomic E-state index is 11.6. The van der Waals surface area contributed by atoms with Crippen LogP contribution in [0.1, 0.15) is 33.6 Å². The molecule has 0 bridgehead atoms. The van der Waals surface area contributed by atoms with E-state index in [1.807, 2.05) is 6.92 Å². The van der Waals surface area contributed by atoms with Crippen LogP contribution in [0.25, 0.3) is 0 Å². The van der Waals surface area contributed by atoms with Gasteiger partial charge in [0.15, 0.2) is 0 Å². The van der Waals surface area contributed by atoms with E-state index >= 15 is 0 Å². The second kappa shape index (κ2) is 6.97. The molecule has 17 heavy (non-hydrogen) atoms. The second-order valence-corrected chi connectivity index (χ2v) is 5.48. The van der Waals surface area contributed by atoms with Crippen LogP contribution < -0.4 is 11.1 Å². The first kappa shape index (κ1) is 14.5. The van der Waals surface area contributed by atoms with E-state index in [0.29, 0.717) is 18.5 Å². The van der Waals surface area contributed by atoms with Gasteiger partial charge in [0, 0.05) is 31.6 Å². The van der Waals surface area contributed by atoms with Crippen molar-refractivity contribution in [2.24, 2.45) is 17.6 Å². The van der Waals surface area contributed by atoms with E-state index in [2.05, 4.69) is 24.1 Å². The van der Waals surface area contributed by atoms with E-state index in [1.165, 1.54) is 19.4 Å². The molecule has 1 saturated heterocycles. The molecule has 0 radical (unpaired) electrons. The van der Waals surface area contributed by atoms with Gasteiger partial charge in [-0.3, -0.25) is 4.79 Å². The zero-order valence-corrected chi connectivity index (χ0v) is 11.4. The van der Waals surface area contributed by atoms with Gasteiger partial charge in [-0.2, -0.15) is 0 Å². The fraction of sp³-hybridized carbons (Fsp3) is 0.923. The lowest BCUT2D eigenvalue weighted by molar-refractivity contribution is -0.124. The summed E-state index contributed by atoms with van der Waals surface area (Å²) in [6.07, 6.45) is 2.46. The van der Waals surface area contributed by atoms with Crippen LogP contribution in [0.2, 0.25) is 0 Å². The highest BCUT2D eigenvalue weighted by Crippen LogP contribution is 2.17. The van der Waals surface area contributed by atoms with Crippen molar-refractivity contribution in [3.8, 4) is 0 Å². The predicted molar refractivity (Wildman–Crippen MR) is 70.7 cm³/mol. The Morgan fingerprint density at radius 2 is 2.18 bits per heavy atom. The van der Waals surface area contributed by atoms with Crippen LogP contribution in [0.4, 0.5) is 0 Å². The molecular formula is C13H27N3O. The smallest absolute Gasteiger partial charge is 0.224 e. The van der Waals surface area contributed by atoms with Crippen molar-refractivity contribution < 1.29 is 4.79 Å². The van der Waals surface area contributed by atoms with Gasteiger partial charge in [0.2, 0.25) is 5.91 Å². The monoisotopic (exact) mass is 241 g/mol. The Balaban J connectivity index is 2.29. The molecule has 1 fully saturated rings. The largest absolute Gasteiger partial charge is 0.356 e. The fourth-order valence-corrected chi connectivity index (χ4v) is 2.26. The van der Waals surface area contributed by atoms with Crippen LogP contribution in [-0.2, 0) is 4.79 Å². The molecular weight excluding hydrogens is 214 g/mol. The normalized spacial score (nSPS) is 23.7. The predicted octanol–water partition coefficient (Wildman–Crippen LogP) is 0.818. The molecule has 4 nitrogen and oxygen atoms in total. The minimum atomic E-state index is -0.0696. The average molecular weight is 241 g/mol. The lowest BCUT2D eigenvalue weighted by atomic mass is 9.96. The third kappa shape index (κ3) is 4.64. The highest BCUT2D eigenvalue weighted by Gasteiger charge is 2.22. The van der Waals surface area contributed by atoms with Crippen LogP contribution >= 0.6 is 0 Å². The molecule has 4 heteroatoms. The number of nitrogens with two attached hydrogens (primary N) is 1. The number of carbonyl (C=O) groups excluding carboxylic acids is 1. The minimum absolute atomic E-state index is 0.0696. The molecule has 2 atom stereocenters. The minimum Gasteiger partial charge on any atom is -0.356 e. The Labute approximate surface area is 105 Å². The maximum Gasteiger partial charge on any atom is 0.224 e. The summed E-state index contributed by atoms with van der Waals surface area (Å²) in [4.78, 5) is 14.1. The molecule has 0 aromatic carbocycles. The topological polar surface area (TPSA) is 58.4 Å². The summed E-state index contributed by atoms with van der Waals surface area (Å²) in [5, 5.41) is 3.02. The van der Waals surface area contributed by atoms with Crippen LogP contribution in [0.5, 0.6) is 0 Å². The van der Waals surface area contributed by atoms with E-state index in [0.717, 1.165) is 13.1 Å². The first-order valence-electron chi connectivity index (χ1n) is 6.76. The van der Waals surface area contributed by atoms with Crippen molar-refractivity contribution >= 4 is 5.91 Å². The number of rotatable bonds is 5. The SMILES string of the molecule is CC(CN)C(=O)NCC1CCCN(C(C)C)C1. The van der Waals surface area contributed by atoms with Crippen molar-refractivity contribution in [2.75, 3.05) is 26.2 Å². The number of piperidine rings is 1. The third-order valence-electron chi connectivity index (χ3n) is 3.65. The van der Waals surface area contributed by atoms with Gasteiger partial charge in [0.1, 0.15) is 0 Å². The number of hydrogen-bond acceptors (Lipinski definition) is 3. The van der Waals surface area contributed by atoms with E-state index < -0.39 is 0 Å². The Kier molecular flexibility index (Phi) is 5.92. The molecule has 0 aromatic heterocycles. The summed E-state index contributed by atoms with van der Waals surface area (Å²) in [5.41, 5.74) is 5.47. The highest BCUT2D eigenvalue weighted by molar-refractivity contribution is 5.78. The van der Waals surface area contributed by atoms with Crippen LogP contribution in [0, 0.1) is 11.8 Å². The molecule has 0 spiro atoms. The maximum atomic E-state index is 11.6. The average Bonchev–Trinajstić information content (AvgIpc) is 2.35. The fourth-order valence-electron chi connectivity index (χ4n) is 2.26. The van der Waals surface area contributed by atoms with E-state index in [1.54, 1.807) is 0 Å². The molecule has 100 valence electrons. The summed E-state index contributed by atoms with van der Waals surface area (Å²) >= 11 is 0. The van der Waals surface area contributed by atoms with Crippen LogP contribution in [-0.4, -0.2) is 43.0 Å². The number of likely N-dealkylation sites (tertiary alicyclic amines) is 1. The number of nitrogens with one attached hydrogen (secondary N) is 1. The Bertz CT molecular complexity index is 243. The first-order chi connectivity index (χ1) is 8.04. The van der Waals surface area contributed by atoms with Gasteiger partial charge >= 0.3 is 0 Å². The van der Waals surface area contributed by atoms with Gasteiger partial charge < -0.3 is 16.0 Å². The lowest BCUT2D eigenvalue weighted by Crippen LogP contribution is -2.44. The summed E-state index contributed by atoms with van der Waals surface area (Å²) in [6, 6.07) is 0.608. The molecule has 0 aromatic rings. The van der Waals surface area contributed by atoms with Gasteiger partial charge in [-0.1, -0.05) is 6.92 Å². The zero-order valence-electron chi connectivity index (χ0n) is 11.4. The van der Waals surface area contributed by atoms with Gasteiger partial charge in [-0.15, -0.1) is 0 Å². The number of carbonyl (C=O) groups is 1. The van der Waals surface area contributed by atoms with Crippen molar-refractivity contribution in [3.63, 3.8) is 0 Å². The van der Waals surface area contributed by atoms with Crippen molar-refractivity contribution in [2.45, 2.75) is 39.7 Å². The van der Waals surface area contributed by atoms with Crippen LogP contribution in [0.3, 0.4) is 0 Å². The molecule has 1 rings (SSSR count). The Morgan fingerprint density at radius 1 is 1.47 bits per heavy atom. The number of amides is 1. The zero-order chi connectivity index (χ0) is 12.8. The molecule has 3 N–H and O–H groups in total. The molecule has 1 aliphatic rings. The quantitative estimate of drug-likeness (QED) is 0.749.